The van der Waals surface area contributed by atoms with Gasteiger partial charge in [-0.2, -0.15) is 0 Å². The fourth-order valence-corrected chi connectivity index (χ4v) is 4.16. The van der Waals surface area contributed by atoms with Crippen LogP contribution in [0.5, 0.6) is 5.75 Å². The molecule has 112 valence electrons. The van der Waals surface area contributed by atoms with E-state index in [0.29, 0.717) is 22.8 Å². The zero-order valence-corrected chi connectivity index (χ0v) is 12.9. The van der Waals surface area contributed by atoms with Crippen LogP contribution in [-0.2, 0) is 16.4 Å². The van der Waals surface area contributed by atoms with Crippen LogP contribution in [0, 0.1) is 0 Å². The highest BCUT2D eigenvalue weighted by molar-refractivity contribution is 7.90. The first-order valence-electron chi connectivity index (χ1n) is 6.71. The zero-order valence-electron chi connectivity index (χ0n) is 11.4. The van der Waals surface area contributed by atoms with Crippen LogP contribution in [0.25, 0.3) is 11.0 Å². The molecule has 2 aromatic heterocycles. The summed E-state index contributed by atoms with van der Waals surface area (Å²) < 4.78 is 32.3. The Balaban J connectivity index is 1.89. The molecule has 3 heterocycles. The number of pyridine rings is 1. The maximum absolute atomic E-state index is 12.9. The molecule has 0 fully saturated rings. The third-order valence-electron chi connectivity index (χ3n) is 3.69. The van der Waals surface area contributed by atoms with Crippen LogP contribution in [0.2, 0.25) is 5.15 Å². The van der Waals surface area contributed by atoms with Gasteiger partial charge in [0, 0.05) is 12.6 Å². The molecule has 0 bridgehead atoms. The Morgan fingerprint density at radius 2 is 2.05 bits per heavy atom. The summed E-state index contributed by atoms with van der Waals surface area (Å²) in [5, 5.41) is 0.331. The number of halogens is 1. The summed E-state index contributed by atoms with van der Waals surface area (Å²) >= 11 is 5.84. The fourth-order valence-electron chi connectivity index (χ4n) is 2.62. The third kappa shape index (κ3) is 1.99. The summed E-state index contributed by atoms with van der Waals surface area (Å²) in [6.45, 7) is 0.591. The Hall–Kier alpha value is -2.05. The van der Waals surface area contributed by atoms with E-state index in [-0.39, 0.29) is 4.90 Å². The zero-order chi connectivity index (χ0) is 15.3. The molecule has 3 aromatic rings. The number of hydrogen-bond acceptors (Lipinski definition) is 4. The summed E-state index contributed by atoms with van der Waals surface area (Å²) in [6.07, 6.45) is 2.22. The van der Waals surface area contributed by atoms with E-state index < -0.39 is 10.0 Å². The van der Waals surface area contributed by atoms with E-state index in [9.17, 15) is 8.42 Å². The van der Waals surface area contributed by atoms with Gasteiger partial charge in [0.1, 0.15) is 10.9 Å². The number of ether oxygens (including phenoxy) is 1. The van der Waals surface area contributed by atoms with Gasteiger partial charge in [0.25, 0.3) is 10.0 Å². The van der Waals surface area contributed by atoms with E-state index in [1.54, 1.807) is 36.4 Å². The van der Waals surface area contributed by atoms with Crippen LogP contribution in [-0.4, -0.2) is 24.0 Å². The van der Waals surface area contributed by atoms with E-state index in [1.165, 1.54) is 10.2 Å². The van der Waals surface area contributed by atoms with E-state index in [0.717, 1.165) is 17.7 Å². The lowest BCUT2D eigenvalue weighted by atomic mass is 10.2. The van der Waals surface area contributed by atoms with Crippen LogP contribution in [0.1, 0.15) is 5.56 Å². The Kier molecular flexibility index (Phi) is 2.92. The molecule has 22 heavy (non-hydrogen) atoms. The molecule has 0 unspecified atom stereocenters. The van der Waals surface area contributed by atoms with Crippen molar-refractivity contribution in [1.82, 2.24) is 8.96 Å². The highest BCUT2D eigenvalue weighted by atomic mass is 35.5. The highest BCUT2D eigenvalue weighted by Crippen LogP contribution is 2.29. The fraction of sp³-hybridized carbons (Fsp3) is 0.133. The molecule has 1 aromatic carbocycles. The lowest BCUT2D eigenvalue weighted by Gasteiger charge is -2.08. The van der Waals surface area contributed by atoms with Gasteiger partial charge in [0.2, 0.25) is 0 Å². The standard InChI is InChI=1S/C15H11ClN2O3S/c16-15-4-2-13-12(17-15)5-7-18(13)22(19,20)11-1-3-14-10(9-11)6-8-21-14/h1-5,7,9H,6,8H2. The molecule has 0 N–H and O–H groups in total. The van der Waals surface area contributed by atoms with Crippen LogP contribution < -0.4 is 4.74 Å². The summed E-state index contributed by atoms with van der Waals surface area (Å²) in [4.78, 5) is 4.36. The monoisotopic (exact) mass is 334 g/mol. The second-order valence-corrected chi connectivity index (χ2v) is 7.23. The summed E-state index contributed by atoms with van der Waals surface area (Å²) in [7, 11) is -3.68. The van der Waals surface area contributed by atoms with Crippen molar-refractivity contribution in [3.63, 3.8) is 0 Å². The van der Waals surface area contributed by atoms with E-state index >= 15 is 0 Å². The van der Waals surface area contributed by atoms with Gasteiger partial charge >= 0.3 is 0 Å². The lowest BCUT2D eigenvalue weighted by molar-refractivity contribution is 0.356. The molecule has 0 atom stereocenters. The van der Waals surface area contributed by atoms with Crippen LogP contribution in [0.15, 0.2) is 47.5 Å². The predicted molar refractivity (Wildman–Crippen MR) is 83.0 cm³/mol. The Labute approximate surface area is 132 Å². The number of nitrogens with zero attached hydrogens (tertiary/aromatic N) is 2. The molecule has 0 spiro atoms. The molecule has 7 heteroatoms. The first-order valence-corrected chi connectivity index (χ1v) is 8.52. The molecule has 5 nitrogen and oxygen atoms in total. The van der Waals surface area contributed by atoms with Crippen LogP contribution in [0.4, 0.5) is 0 Å². The quantitative estimate of drug-likeness (QED) is 0.676. The van der Waals surface area contributed by atoms with Crippen molar-refractivity contribution in [2.45, 2.75) is 11.3 Å². The normalized spacial score (nSPS) is 14.0. The second kappa shape index (κ2) is 4.72. The van der Waals surface area contributed by atoms with Crippen molar-refractivity contribution >= 4 is 32.7 Å². The third-order valence-corrected chi connectivity index (χ3v) is 5.59. The van der Waals surface area contributed by atoms with Gasteiger partial charge in [0.05, 0.1) is 22.5 Å². The van der Waals surface area contributed by atoms with Crippen molar-refractivity contribution in [2.24, 2.45) is 0 Å². The number of fused-ring (bicyclic) bond motifs is 2. The molecule has 1 aliphatic rings. The van der Waals surface area contributed by atoms with E-state index in [2.05, 4.69) is 4.98 Å². The van der Waals surface area contributed by atoms with Gasteiger partial charge in [-0.1, -0.05) is 11.6 Å². The van der Waals surface area contributed by atoms with Crippen molar-refractivity contribution in [1.29, 1.82) is 0 Å². The number of aromatic nitrogens is 2. The van der Waals surface area contributed by atoms with Gasteiger partial charge in [0.15, 0.2) is 0 Å². The van der Waals surface area contributed by atoms with Crippen molar-refractivity contribution in [3.05, 3.63) is 53.3 Å². The predicted octanol–water partition coefficient (Wildman–Crippen LogP) is 2.86. The van der Waals surface area contributed by atoms with Crippen molar-refractivity contribution < 1.29 is 13.2 Å². The Morgan fingerprint density at radius 1 is 1.18 bits per heavy atom. The average molecular weight is 335 g/mol. The van der Waals surface area contributed by atoms with E-state index in [1.807, 2.05) is 0 Å². The second-order valence-electron chi connectivity index (χ2n) is 5.02. The van der Waals surface area contributed by atoms with Crippen molar-refractivity contribution in [2.75, 3.05) is 6.61 Å². The number of rotatable bonds is 2. The topological polar surface area (TPSA) is 61.2 Å². The maximum atomic E-state index is 12.9. The minimum atomic E-state index is -3.68. The number of benzene rings is 1. The minimum absolute atomic E-state index is 0.240. The summed E-state index contributed by atoms with van der Waals surface area (Å²) in [5.41, 5.74) is 1.96. The highest BCUT2D eigenvalue weighted by Gasteiger charge is 2.22. The molecule has 0 saturated heterocycles. The van der Waals surface area contributed by atoms with Gasteiger partial charge in [-0.25, -0.2) is 17.4 Å². The maximum Gasteiger partial charge on any atom is 0.268 e. The summed E-state index contributed by atoms with van der Waals surface area (Å²) in [6, 6.07) is 9.80. The summed E-state index contributed by atoms with van der Waals surface area (Å²) in [5.74, 6) is 0.754. The van der Waals surface area contributed by atoms with Crippen LogP contribution in [0.3, 0.4) is 0 Å². The molecule has 4 rings (SSSR count). The Bertz CT molecular complexity index is 995. The lowest BCUT2D eigenvalue weighted by Crippen LogP contribution is -2.12. The smallest absolute Gasteiger partial charge is 0.268 e. The van der Waals surface area contributed by atoms with Gasteiger partial charge in [-0.05, 0) is 42.0 Å². The largest absolute Gasteiger partial charge is 0.493 e. The average Bonchev–Trinajstić information content (AvgIpc) is 3.12. The molecule has 0 aliphatic carbocycles. The SMILES string of the molecule is O=S(=O)(c1ccc2c(c1)CCO2)n1ccc2nc(Cl)ccc21. The molecule has 1 aliphatic heterocycles. The van der Waals surface area contributed by atoms with Crippen molar-refractivity contribution in [3.8, 4) is 5.75 Å². The Morgan fingerprint density at radius 3 is 2.91 bits per heavy atom. The molecular formula is C15H11ClN2O3S. The minimum Gasteiger partial charge on any atom is -0.493 e. The molecule has 0 radical (unpaired) electrons. The van der Waals surface area contributed by atoms with Gasteiger partial charge in [-0.15, -0.1) is 0 Å². The van der Waals surface area contributed by atoms with Gasteiger partial charge < -0.3 is 4.74 Å². The van der Waals surface area contributed by atoms with Gasteiger partial charge in [-0.3, -0.25) is 0 Å². The molecule has 0 amide bonds. The van der Waals surface area contributed by atoms with Crippen LogP contribution >= 0.6 is 11.6 Å². The first-order chi connectivity index (χ1) is 10.6. The first kappa shape index (κ1) is 13.6. The molecule has 0 saturated carbocycles. The molecular weight excluding hydrogens is 324 g/mol. The van der Waals surface area contributed by atoms with E-state index in [4.69, 9.17) is 16.3 Å². The number of hydrogen-bond donors (Lipinski definition) is 0.